The van der Waals surface area contributed by atoms with Crippen molar-refractivity contribution in [3.8, 4) is 34.0 Å². The zero-order chi connectivity index (χ0) is 27.1. The number of pyridine rings is 4. The minimum Gasteiger partial charge on any atom is -0.374 e. The molecule has 10 nitrogen and oxygen atoms in total. The maximum absolute atomic E-state index is 16.1. The number of aromatic amines is 2. The first-order valence-corrected chi connectivity index (χ1v) is 12.5. The molecule has 1 unspecified atom stereocenters. The number of hydrogen-bond donors (Lipinski definition) is 4. The number of imidazole rings is 1. The van der Waals surface area contributed by atoms with Crippen molar-refractivity contribution >= 4 is 27.8 Å². The second-order valence-electron chi connectivity index (χ2n) is 10.5. The highest BCUT2D eigenvalue weighted by molar-refractivity contribution is 5.96. The summed E-state index contributed by atoms with van der Waals surface area (Å²) in [4.78, 5) is 25.4. The lowest BCUT2D eigenvalue weighted by atomic mass is 9.91. The molecule has 6 rings (SSSR count). The van der Waals surface area contributed by atoms with Crippen molar-refractivity contribution in [1.82, 2.24) is 40.1 Å². The highest BCUT2D eigenvalue weighted by Crippen LogP contribution is 2.34. The summed E-state index contributed by atoms with van der Waals surface area (Å²) in [5.74, 6) is -0.115. The molecular weight excluding hydrogens is 497 g/mol. The average molecular weight is 524 g/mol. The first kappa shape index (κ1) is 24.6. The van der Waals surface area contributed by atoms with Crippen LogP contribution in [0.1, 0.15) is 27.2 Å². The van der Waals surface area contributed by atoms with Crippen molar-refractivity contribution in [2.45, 2.75) is 33.4 Å². The van der Waals surface area contributed by atoms with Gasteiger partial charge in [0.1, 0.15) is 28.9 Å². The number of nitrogens with one attached hydrogen (secondary N) is 3. The van der Waals surface area contributed by atoms with Crippen LogP contribution < -0.4 is 5.32 Å². The number of aliphatic hydroxyl groups is 1. The number of aliphatic hydroxyl groups excluding tert-OH is 1. The SMILES string of the molecule is CC(C)(C)CC(O)Nc1cncc(-c2cnc3n[nH]c(-c4nc5c(-c6ccccn6)nccc5[nH]4)c3c2F)c1. The third-order valence-electron chi connectivity index (χ3n) is 6.25. The fourth-order valence-electron chi connectivity index (χ4n) is 4.56. The Morgan fingerprint density at radius 2 is 1.92 bits per heavy atom. The first-order chi connectivity index (χ1) is 18.8. The number of fused-ring (bicyclic) bond motifs is 2. The molecule has 0 aliphatic carbocycles. The van der Waals surface area contributed by atoms with Crippen LogP contribution in [0, 0.1) is 11.2 Å². The van der Waals surface area contributed by atoms with Gasteiger partial charge in [-0.25, -0.2) is 14.4 Å². The normalized spacial score (nSPS) is 12.7. The third kappa shape index (κ3) is 4.79. The molecule has 196 valence electrons. The Bertz CT molecular complexity index is 1790. The number of H-pyrrole nitrogens is 2. The molecule has 0 spiro atoms. The Morgan fingerprint density at radius 1 is 1.05 bits per heavy atom. The number of rotatable bonds is 6. The quantitative estimate of drug-likeness (QED) is 0.215. The Hall–Kier alpha value is -4.77. The van der Waals surface area contributed by atoms with Gasteiger partial charge >= 0.3 is 0 Å². The third-order valence-corrected chi connectivity index (χ3v) is 6.25. The van der Waals surface area contributed by atoms with Crippen LogP contribution in [0.5, 0.6) is 0 Å². The van der Waals surface area contributed by atoms with Crippen LogP contribution in [0.3, 0.4) is 0 Å². The lowest BCUT2D eigenvalue weighted by Crippen LogP contribution is -2.25. The summed E-state index contributed by atoms with van der Waals surface area (Å²) in [7, 11) is 0. The van der Waals surface area contributed by atoms with Gasteiger partial charge in [-0.3, -0.25) is 20.1 Å². The molecule has 6 heterocycles. The molecule has 0 fully saturated rings. The molecule has 0 aliphatic rings. The van der Waals surface area contributed by atoms with Crippen molar-refractivity contribution in [3.05, 3.63) is 67.1 Å². The molecule has 0 aromatic carbocycles. The Kier molecular flexibility index (Phi) is 5.99. The Labute approximate surface area is 222 Å². The van der Waals surface area contributed by atoms with E-state index in [9.17, 15) is 5.11 Å². The molecule has 0 bridgehead atoms. The van der Waals surface area contributed by atoms with E-state index < -0.39 is 12.0 Å². The van der Waals surface area contributed by atoms with E-state index in [1.807, 2.05) is 39.0 Å². The smallest absolute Gasteiger partial charge is 0.184 e. The van der Waals surface area contributed by atoms with Gasteiger partial charge in [0, 0.05) is 35.9 Å². The van der Waals surface area contributed by atoms with Crippen LogP contribution in [0.2, 0.25) is 0 Å². The number of nitrogens with zero attached hydrogens (tertiary/aromatic N) is 6. The summed E-state index contributed by atoms with van der Waals surface area (Å²) < 4.78 is 16.1. The molecular formula is C28H26FN9O. The highest BCUT2D eigenvalue weighted by atomic mass is 19.1. The van der Waals surface area contributed by atoms with Gasteiger partial charge in [0.05, 0.1) is 28.5 Å². The van der Waals surface area contributed by atoms with Crippen molar-refractivity contribution in [2.75, 3.05) is 5.32 Å². The zero-order valence-electron chi connectivity index (χ0n) is 21.6. The fourth-order valence-corrected chi connectivity index (χ4v) is 4.56. The first-order valence-electron chi connectivity index (χ1n) is 12.5. The van der Waals surface area contributed by atoms with Gasteiger partial charge < -0.3 is 15.4 Å². The largest absolute Gasteiger partial charge is 0.374 e. The van der Waals surface area contributed by atoms with E-state index in [1.54, 1.807) is 36.9 Å². The summed E-state index contributed by atoms with van der Waals surface area (Å²) in [5.41, 5.74) is 4.47. The minimum absolute atomic E-state index is 0.0682. The number of anilines is 1. The molecule has 6 aromatic rings. The molecule has 6 aromatic heterocycles. The number of aromatic nitrogens is 8. The lowest BCUT2D eigenvalue weighted by molar-refractivity contribution is 0.145. The van der Waals surface area contributed by atoms with Gasteiger partial charge in [0.15, 0.2) is 11.5 Å². The van der Waals surface area contributed by atoms with E-state index in [1.165, 1.54) is 6.20 Å². The molecule has 0 amide bonds. The predicted molar refractivity (Wildman–Crippen MR) is 147 cm³/mol. The highest BCUT2D eigenvalue weighted by Gasteiger charge is 2.22. The maximum atomic E-state index is 16.1. The van der Waals surface area contributed by atoms with Gasteiger partial charge in [0.25, 0.3) is 0 Å². The maximum Gasteiger partial charge on any atom is 0.184 e. The second kappa shape index (κ2) is 9.52. The van der Waals surface area contributed by atoms with Crippen LogP contribution in [0.4, 0.5) is 10.1 Å². The van der Waals surface area contributed by atoms with Crippen LogP contribution in [-0.4, -0.2) is 51.4 Å². The molecule has 0 radical (unpaired) electrons. The summed E-state index contributed by atoms with van der Waals surface area (Å²) >= 11 is 0. The average Bonchev–Trinajstić information content (AvgIpc) is 3.53. The van der Waals surface area contributed by atoms with Gasteiger partial charge in [-0.05, 0) is 36.1 Å². The van der Waals surface area contributed by atoms with Gasteiger partial charge in [-0.1, -0.05) is 26.8 Å². The monoisotopic (exact) mass is 523 g/mol. The van der Waals surface area contributed by atoms with Crippen LogP contribution in [0.15, 0.2) is 61.3 Å². The van der Waals surface area contributed by atoms with E-state index in [0.29, 0.717) is 46.1 Å². The van der Waals surface area contributed by atoms with Crippen LogP contribution in [0.25, 0.3) is 56.1 Å². The molecule has 0 aliphatic heterocycles. The summed E-state index contributed by atoms with van der Waals surface area (Å²) in [5, 5.41) is 20.8. The van der Waals surface area contributed by atoms with Gasteiger partial charge in [-0.2, -0.15) is 5.10 Å². The van der Waals surface area contributed by atoms with Gasteiger partial charge in [0.2, 0.25) is 0 Å². The molecule has 11 heteroatoms. The molecule has 0 saturated heterocycles. The van der Waals surface area contributed by atoms with Crippen molar-refractivity contribution in [2.24, 2.45) is 5.41 Å². The van der Waals surface area contributed by atoms with Crippen molar-refractivity contribution < 1.29 is 9.50 Å². The Balaban J connectivity index is 1.40. The molecule has 4 N–H and O–H groups in total. The summed E-state index contributed by atoms with van der Waals surface area (Å²) in [6.07, 6.45) is 7.70. The van der Waals surface area contributed by atoms with E-state index >= 15 is 4.39 Å². The zero-order valence-corrected chi connectivity index (χ0v) is 21.6. The van der Waals surface area contributed by atoms with Crippen molar-refractivity contribution in [3.63, 3.8) is 0 Å². The molecule has 0 saturated carbocycles. The summed E-state index contributed by atoms with van der Waals surface area (Å²) in [6.45, 7) is 6.13. The van der Waals surface area contributed by atoms with Crippen molar-refractivity contribution in [1.29, 1.82) is 0 Å². The van der Waals surface area contributed by atoms with E-state index in [2.05, 4.69) is 40.4 Å². The lowest BCUT2D eigenvalue weighted by Gasteiger charge is -2.23. The minimum atomic E-state index is -0.772. The molecule has 39 heavy (non-hydrogen) atoms. The standard InChI is InChI=1S/C28H26FN9O/c1-28(2,3)11-20(39)34-16-10-15(12-30-13-16)17-14-33-26-21(22(17)29)25(37-38-26)27-35-19-7-9-32-23(24(19)36-27)18-6-4-5-8-31-18/h4-10,12-14,20,34,39H,11H2,1-3H3,(H,35,36)(H,33,37,38). The van der Waals surface area contributed by atoms with Crippen LogP contribution >= 0.6 is 0 Å². The van der Waals surface area contributed by atoms with Gasteiger partial charge in [-0.15, -0.1) is 0 Å². The number of hydrogen-bond acceptors (Lipinski definition) is 8. The molecule has 1 atom stereocenters. The van der Waals surface area contributed by atoms with Crippen LogP contribution in [-0.2, 0) is 0 Å². The predicted octanol–water partition coefficient (Wildman–Crippen LogP) is 5.33. The summed E-state index contributed by atoms with van der Waals surface area (Å²) in [6, 6.07) is 9.10. The van der Waals surface area contributed by atoms with E-state index in [4.69, 9.17) is 4.98 Å². The van der Waals surface area contributed by atoms with E-state index in [0.717, 1.165) is 5.52 Å². The fraction of sp³-hybridized carbons (Fsp3) is 0.214. The second-order valence-corrected chi connectivity index (χ2v) is 10.5. The topological polar surface area (TPSA) is 141 Å². The number of halogens is 1. The van der Waals surface area contributed by atoms with E-state index in [-0.39, 0.29) is 22.0 Å². The Morgan fingerprint density at radius 3 is 2.72 bits per heavy atom.